The minimum absolute atomic E-state index is 0.170. The number of carbonyl (C=O) groups is 2. The zero-order valence-corrected chi connectivity index (χ0v) is 13.3. The Morgan fingerprint density at radius 3 is 2.48 bits per heavy atom. The predicted molar refractivity (Wildman–Crippen MR) is 86.8 cm³/mol. The third-order valence-corrected chi connectivity index (χ3v) is 4.40. The normalized spacial score (nSPS) is 19.9. The van der Waals surface area contributed by atoms with Crippen LogP contribution in [0.3, 0.4) is 0 Å². The number of aliphatic carboxylic acids is 1. The fourth-order valence-corrected chi connectivity index (χ4v) is 2.99. The Hall–Kier alpha value is -2.76. The molecular weight excluding hydrogens is 328 g/mol. The Kier molecular flexibility index (Phi) is 4.79. The van der Waals surface area contributed by atoms with Crippen LogP contribution in [0, 0.1) is 17.6 Å². The summed E-state index contributed by atoms with van der Waals surface area (Å²) in [6.45, 7) is 0. The Morgan fingerprint density at radius 1 is 1.12 bits per heavy atom. The van der Waals surface area contributed by atoms with Crippen molar-refractivity contribution in [3.8, 4) is 0 Å². The Balaban J connectivity index is 1.68. The first-order valence-electron chi connectivity index (χ1n) is 7.97. The van der Waals surface area contributed by atoms with Crippen LogP contribution >= 0.6 is 0 Å². The molecule has 0 aromatic heterocycles. The molecule has 1 amide bonds. The van der Waals surface area contributed by atoms with Crippen molar-refractivity contribution >= 4 is 11.9 Å². The van der Waals surface area contributed by atoms with Crippen molar-refractivity contribution in [2.24, 2.45) is 5.92 Å². The average Bonchev–Trinajstić information content (AvgIpc) is 3.38. The van der Waals surface area contributed by atoms with Crippen LogP contribution in [0.5, 0.6) is 0 Å². The van der Waals surface area contributed by atoms with Crippen molar-refractivity contribution in [1.82, 2.24) is 5.32 Å². The third kappa shape index (κ3) is 4.02. The molecule has 3 unspecified atom stereocenters. The van der Waals surface area contributed by atoms with Crippen molar-refractivity contribution in [2.45, 2.75) is 24.8 Å². The molecule has 130 valence electrons. The van der Waals surface area contributed by atoms with Crippen molar-refractivity contribution in [3.63, 3.8) is 0 Å². The van der Waals surface area contributed by atoms with Gasteiger partial charge in [-0.25, -0.2) is 8.78 Å². The second kappa shape index (κ2) is 7.01. The summed E-state index contributed by atoms with van der Waals surface area (Å²) in [4.78, 5) is 23.5. The molecule has 1 saturated carbocycles. The van der Waals surface area contributed by atoms with Gasteiger partial charge in [-0.15, -0.1) is 0 Å². The molecule has 4 nitrogen and oxygen atoms in total. The Bertz CT molecular complexity index is 795. The lowest BCUT2D eigenvalue weighted by molar-refractivity contribution is -0.137. The molecular formula is C19H17F2NO3. The van der Waals surface area contributed by atoms with E-state index in [4.69, 9.17) is 5.11 Å². The van der Waals surface area contributed by atoms with E-state index in [0.29, 0.717) is 17.5 Å². The minimum atomic E-state index is -1.01. The van der Waals surface area contributed by atoms with Gasteiger partial charge >= 0.3 is 5.97 Å². The number of amides is 1. The van der Waals surface area contributed by atoms with E-state index >= 15 is 0 Å². The van der Waals surface area contributed by atoms with Gasteiger partial charge in [-0.05, 0) is 35.6 Å². The number of carboxylic acids is 1. The number of hydrogen-bond donors (Lipinski definition) is 2. The third-order valence-electron chi connectivity index (χ3n) is 4.40. The summed E-state index contributed by atoms with van der Waals surface area (Å²) in [6, 6.07) is 11.9. The first kappa shape index (κ1) is 17.1. The van der Waals surface area contributed by atoms with E-state index in [1.54, 1.807) is 24.3 Å². The number of benzene rings is 2. The SMILES string of the molecule is O=C(O)CC(NC(=O)C1CC1c1ccc(F)c(F)c1)c1ccccc1. The van der Waals surface area contributed by atoms with Gasteiger partial charge in [0.2, 0.25) is 5.91 Å². The van der Waals surface area contributed by atoms with Crippen LogP contribution in [0.15, 0.2) is 48.5 Å². The molecule has 0 aliphatic heterocycles. The molecule has 0 spiro atoms. The highest BCUT2D eigenvalue weighted by Crippen LogP contribution is 2.48. The summed E-state index contributed by atoms with van der Waals surface area (Å²) in [6.07, 6.45) is 0.309. The molecule has 6 heteroatoms. The number of carbonyl (C=O) groups excluding carboxylic acids is 1. The molecule has 3 rings (SSSR count). The van der Waals surface area contributed by atoms with E-state index in [9.17, 15) is 18.4 Å². The van der Waals surface area contributed by atoms with E-state index in [1.807, 2.05) is 6.07 Å². The van der Waals surface area contributed by atoms with E-state index < -0.39 is 23.6 Å². The fraction of sp³-hybridized carbons (Fsp3) is 0.263. The lowest BCUT2D eigenvalue weighted by Gasteiger charge is -2.17. The summed E-state index contributed by atoms with van der Waals surface area (Å²) in [7, 11) is 0. The highest BCUT2D eigenvalue weighted by molar-refractivity contribution is 5.84. The number of hydrogen-bond acceptors (Lipinski definition) is 2. The monoisotopic (exact) mass is 345 g/mol. The number of rotatable bonds is 6. The quantitative estimate of drug-likeness (QED) is 0.843. The fourth-order valence-electron chi connectivity index (χ4n) is 2.99. The van der Waals surface area contributed by atoms with E-state index in [2.05, 4.69) is 5.32 Å². The Morgan fingerprint density at radius 2 is 1.84 bits per heavy atom. The van der Waals surface area contributed by atoms with Gasteiger partial charge in [0, 0.05) is 5.92 Å². The van der Waals surface area contributed by atoms with Crippen molar-refractivity contribution in [1.29, 1.82) is 0 Å². The standard InChI is InChI=1S/C19H17F2NO3/c20-15-7-6-12(8-16(15)21)13-9-14(13)19(25)22-17(10-18(23)24)11-4-2-1-3-5-11/h1-8,13-14,17H,9-10H2,(H,22,25)(H,23,24). The van der Waals surface area contributed by atoms with Gasteiger partial charge in [0.1, 0.15) is 0 Å². The van der Waals surface area contributed by atoms with Crippen molar-refractivity contribution in [2.75, 3.05) is 0 Å². The first-order chi connectivity index (χ1) is 12.0. The topological polar surface area (TPSA) is 66.4 Å². The number of carboxylic acid groups (broad SMARTS) is 1. The van der Waals surface area contributed by atoms with Crippen LogP contribution in [0.4, 0.5) is 8.78 Å². The molecule has 1 aliphatic carbocycles. The van der Waals surface area contributed by atoms with Crippen LogP contribution < -0.4 is 5.32 Å². The van der Waals surface area contributed by atoms with Crippen LogP contribution in [0.1, 0.15) is 35.9 Å². The van der Waals surface area contributed by atoms with Crippen molar-refractivity contribution in [3.05, 3.63) is 71.3 Å². The number of halogens is 2. The van der Waals surface area contributed by atoms with Gasteiger partial charge in [0.05, 0.1) is 12.5 Å². The van der Waals surface area contributed by atoms with Gasteiger partial charge in [-0.2, -0.15) is 0 Å². The summed E-state index contributed by atoms with van der Waals surface area (Å²) >= 11 is 0. The highest BCUT2D eigenvalue weighted by atomic mass is 19.2. The predicted octanol–water partition coefficient (Wildman–Crippen LogP) is 3.40. The molecule has 1 fully saturated rings. The lowest BCUT2D eigenvalue weighted by Crippen LogP contribution is -2.31. The molecule has 0 heterocycles. The number of nitrogens with one attached hydrogen (secondary N) is 1. The van der Waals surface area contributed by atoms with E-state index in [0.717, 1.165) is 12.1 Å². The van der Waals surface area contributed by atoms with Gasteiger partial charge in [-0.1, -0.05) is 36.4 Å². The maximum absolute atomic E-state index is 13.3. The van der Waals surface area contributed by atoms with E-state index in [-0.39, 0.29) is 24.2 Å². The first-order valence-corrected chi connectivity index (χ1v) is 7.97. The molecule has 2 aromatic rings. The smallest absolute Gasteiger partial charge is 0.305 e. The molecule has 0 saturated heterocycles. The zero-order valence-electron chi connectivity index (χ0n) is 13.3. The summed E-state index contributed by atoms with van der Waals surface area (Å²) in [5.41, 5.74) is 1.29. The van der Waals surface area contributed by atoms with Gasteiger partial charge in [0.25, 0.3) is 0 Å². The largest absolute Gasteiger partial charge is 0.481 e. The lowest BCUT2D eigenvalue weighted by atomic mass is 10.0. The maximum atomic E-state index is 13.3. The molecule has 2 N–H and O–H groups in total. The van der Waals surface area contributed by atoms with Gasteiger partial charge < -0.3 is 10.4 Å². The summed E-state index contributed by atoms with van der Waals surface area (Å²) in [5.74, 6) is -3.67. The molecule has 0 radical (unpaired) electrons. The van der Waals surface area contributed by atoms with Gasteiger partial charge in [0.15, 0.2) is 11.6 Å². The van der Waals surface area contributed by atoms with E-state index in [1.165, 1.54) is 6.07 Å². The molecule has 2 aromatic carbocycles. The molecule has 25 heavy (non-hydrogen) atoms. The highest BCUT2D eigenvalue weighted by Gasteiger charge is 2.44. The van der Waals surface area contributed by atoms with Crippen molar-refractivity contribution < 1.29 is 23.5 Å². The summed E-state index contributed by atoms with van der Waals surface area (Å²) < 4.78 is 26.3. The van der Waals surface area contributed by atoms with Crippen LogP contribution in [0.2, 0.25) is 0 Å². The minimum Gasteiger partial charge on any atom is -0.481 e. The molecule has 1 aliphatic rings. The second-order valence-electron chi connectivity index (χ2n) is 6.19. The molecule has 0 bridgehead atoms. The van der Waals surface area contributed by atoms with Crippen LogP contribution in [-0.4, -0.2) is 17.0 Å². The molecule has 3 atom stereocenters. The van der Waals surface area contributed by atoms with Crippen LogP contribution in [-0.2, 0) is 9.59 Å². The second-order valence-corrected chi connectivity index (χ2v) is 6.19. The maximum Gasteiger partial charge on any atom is 0.305 e. The van der Waals surface area contributed by atoms with Crippen LogP contribution in [0.25, 0.3) is 0 Å². The summed E-state index contributed by atoms with van der Waals surface area (Å²) in [5, 5.41) is 11.8. The Labute approximate surface area is 143 Å². The van der Waals surface area contributed by atoms with Gasteiger partial charge in [-0.3, -0.25) is 9.59 Å². The average molecular weight is 345 g/mol. The zero-order chi connectivity index (χ0) is 18.0.